The van der Waals surface area contributed by atoms with Gasteiger partial charge in [-0.1, -0.05) is 0 Å². The van der Waals surface area contributed by atoms with Crippen molar-refractivity contribution >= 4 is 28.4 Å². The summed E-state index contributed by atoms with van der Waals surface area (Å²) >= 11 is 0. The molecule has 21 heavy (non-hydrogen) atoms. The van der Waals surface area contributed by atoms with Crippen molar-refractivity contribution in [3.63, 3.8) is 0 Å². The van der Waals surface area contributed by atoms with Crippen molar-refractivity contribution < 1.29 is 24.2 Å². The van der Waals surface area contributed by atoms with Crippen LogP contribution in [0.25, 0.3) is 11.0 Å². The molecule has 0 bridgehead atoms. The standard InChI is InChI=1S/C11H10N4O6/c16-11(17)5-3-20-4-7(5)12-6-1-2-8(15(18)19)10-9(6)13-21-14-10/h1-2,5,7,12H,3-4H2,(H,16,17). The summed E-state index contributed by atoms with van der Waals surface area (Å²) in [6.45, 7) is 0.334. The summed E-state index contributed by atoms with van der Waals surface area (Å²) in [5, 5.41) is 30.1. The van der Waals surface area contributed by atoms with E-state index in [-0.39, 0.29) is 29.9 Å². The minimum Gasteiger partial charge on any atom is -0.481 e. The van der Waals surface area contributed by atoms with Gasteiger partial charge in [-0.2, -0.15) is 0 Å². The van der Waals surface area contributed by atoms with Gasteiger partial charge in [0.2, 0.25) is 5.52 Å². The largest absolute Gasteiger partial charge is 0.481 e. The highest BCUT2D eigenvalue weighted by molar-refractivity contribution is 5.93. The van der Waals surface area contributed by atoms with Crippen molar-refractivity contribution in [3.8, 4) is 0 Å². The van der Waals surface area contributed by atoms with Crippen LogP contribution in [0, 0.1) is 16.0 Å². The lowest BCUT2D eigenvalue weighted by molar-refractivity contribution is -0.383. The van der Waals surface area contributed by atoms with E-state index in [1.807, 2.05) is 0 Å². The molecular weight excluding hydrogens is 284 g/mol. The number of aliphatic carboxylic acids is 1. The number of benzene rings is 1. The summed E-state index contributed by atoms with van der Waals surface area (Å²) in [6, 6.07) is 2.26. The van der Waals surface area contributed by atoms with Gasteiger partial charge < -0.3 is 15.2 Å². The lowest BCUT2D eigenvalue weighted by Gasteiger charge is -2.16. The Morgan fingerprint density at radius 2 is 2.14 bits per heavy atom. The molecule has 1 aliphatic rings. The molecular formula is C11H10N4O6. The molecule has 1 fully saturated rings. The highest BCUT2D eigenvalue weighted by atomic mass is 16.6. The lowest BCUT2D eigenvalue weighted by Crippen LogP contribution is -2.33. The van der Waals surface area contributed by atoms with Crippen molar-refractivity contribution in [1.82, 2.24) is 10.3 Å². The predicted molar refractivity (Wildman–Crippen MR) is 67.8 cm³/mol. The Balaban J connectivity index is 1.95. The summed E-state index contributed by atoms with van der Waals surface area (Å²) in [5.41, 5.74) is 0.379. The van der Waals surface area contributed by atoms with E-state index in [1.165, 1.54) is 12.1 Å². The Hall–Kier alpha value is -2.75. The first-order chi connectivity index (χ1) is 10.1. The Labute approximate surface area is 116 Å². The molecule has 10 heteroatoms. The summed E-state index contributed by atoms with van der Waals surface area (Å²) in [7, 11) is 0. The number of nitro benzene ring substituents is 1. The van der Waals surface area contributed by atoms with Gasteiger partial charge in [0.25, 0.3) is 0 Å². The van der Waals surface area contributed by atoms with Crippen molar-refractivity contribution in [2.24, 2.45) is 5.92 Å². The molecule has 0 aliphatic carbocycles. The number of anilines is 1. The van der Waals surface area contributed by atoms with Gasteiger partial charge >= 0.3 is 11.7 Å². The highest BCUT2D eigenvalue weighted by Crippen LogP contribution is 2.30. The number of hydrogen-bond donors (Lipinski definition) is 2. The second-order valence-corrected chi connectivity index (χ2v) is 4.58. The van der Waals surface area contributed by atoms with Crippen LogP contribution in [0.1, 0.15) is 0 Å². The molecule has 1 aromatic carbocycles. The monoisotopic (exact) mass is 294 g/mol. The minimum atomic E-state index is -0.971. The molecule has 2 heterocycles. The number of carbonyl (C=O) groups is 1. The van der Waals surface area contributed by atoms with Gasteiger partial charge in [-0.05, 0) is 16.4 Å². The Kier molecular flexibility index (Phi) is 3.14. The molecule has 2 aromatic rings. The zero-order chi connectivity index (χ0) is 15.0. The maximum Gasteiger partial charge on any atom is 0.311 e. The lowest BCUT2D eigenvalue weighted by atomic mass is 10.0. The van der Waals surface area contributed by atoms with E-state index in [0.717, 1.165) is 0 Å². The number of nitrogens with zero attached hydrogens (tertiary/aromatic N) is 3. The van der Waals surface area contributed by atoms with E-state index in [1.54, 1.807) is 0 Å². The summed E-state index contributed by atoms with van der Waals surface area (Å²) in [4.78, 5) is 21.4. The fourth-order valence-electron chi connectivity index (χ4n) is 2.26. The van der Waals surface area contributed by atoms with Crippen molar-refractivity contribution in [1.29, 1.82) is 0 Å². The first-order valence-electron chi connectivity index (χ1n) is 6.04. The molecule has 0 spiro atoms. The number of rotatable bonds is 4. The third-order valence-electron chi connectivity index (χ3n) is 3.33. The second kappa shape index (κ2) is 4.98. The van der Waals surface area contributed by atoms with Crippen molar-refractivity contribution in [3.05, 3.63) is 22.2 Å². The molecule has 0 radical (unpaired) electrons. The molecule has 110 valence electrons. The number of ether oxygens (including phenoxy) is 1. The smallest absolute Gasteiger partial charge is 0.311 e. The van der Waals surface area contributed by atoms with Gasteiger partial charge in [0.05, 0.1) is 29.9 Å². The molecule has 2 unspecified atom stereocenters. The summed E-state index contributed by atoms with van der Waals surface area (Å²) in [6.07, 6.45) is 0. The number of fused-ring (bicyclic) bond motifs is 1. The molecule has 0 saturated carbocycles. The highest BCUT2D eigenvalue weighted by Gasteiger charge is 2.34. The molecule has 1 aromatic heterocycles. The topological polar surface area (TPSA) is 141 Å². The van der Waals surface area contributed by atoms with Crippen LogP contribution in [0.4, 0.5) is 11.4 Å². The third kappa shape index (κ3) is 2.25. The van der Waals surface area contributed by atoms with Gasteiger partial charge in [0, 0.05) is 6.07 Å². The van der Waals surface area contributed by atoms with Crippen LogP contribution in [0.2, 0.25) is 0 Å². The van der Waals surface area contributed by atoms with Gasteiger partial charge in [-0.15, -0.1) is 0 Å². The van der Waals surface area contributed by atoms with Crippen molar-refractivity contribution in [2.75, 3.05) is 18.5 Å². The van der Waals surface area contributed by atoms with Crippen LogP contribution in [0.15, 0.2) is 16.8 Å². The van der Waals surface area contributed by atoms with Gasteiger partial charge in [-0.3, -0.25) is 14.9 Å². The number of non-ortho nitro benzene ring substituents is 1. The quantitative estimate of drug-likeness (QED) is 0.613. The third-order valence-corrected chi connectivity index (χ3v) is 3.33. The van der Waals surface area contributed by atoms with Gasteiger partial charge in [-0.25, -0.2) is 4.63 Å². The van der Waals surface area contributed by atoms with E-state index < -0.39 is 22.9 Å². The molecule has 10 nitrogen and oxygen atoms in total. The summed E-state index contributed by atoms with van der Waals surface area (Å²) in [5.74, 6) is -1.67. The number of carboxylic acid groups (broad SMARTS) is 1. The van der Waals surface area contributed by atoms with E-state index in [0.29, 0.717) is 5.69 Å². The second-order valence-electron chi connectivity index (χ2n) is 4.58. The van der Waals surface area contributed by atoms with Gasteiger partial charge in [0.1, 0.15) is 5.92 Å². The zero-order valence-corrected chi connectivity index (χ0v) is 10.6. The number of carboxylic acids is 1. The van der Waals surface area contributed by atoms with Crippen LogP contribution in [-0.4, -0.2) is 45.6 Å². The maximum atomic E-state index is 11.1. The van der Waals surface area contributed by atoms with Crippen molar-refractivity contribution in [2.45, 2.75) is 6.04 Å². The normalized spacial score (nSPS) is 21.5. The fourth-order valence-corrected chi connectivity index (χ4v) is 2.26. The molecule has 2 atom stereocenters. The molecule has 0 amide bonds. The zero-order valence-electron chi connectivity index (χ0n) is 10.6. The number of aromatic nitrogens is 2. The first-order valence-corrected chi connectivity index (χ1v) is 6.04. The number of nitro groups is 1. The average molecular weight is 294 g/mol. The predicted octanol–water partition coefficient (Wildman–Crippen LogP) is 0.642. The number of nitrogens with one attached hydrogen (secondary N) is 1. The Bertz CT molecular complexity index is 714. The van der Waals surface area contributed by atoms with Gasteiger partial charge in [0.15, 0.2) is 5.52 Å². The minimum absolute atomic E-state index is 0.00999. The summed E-state index contributed by atoms with van der Waals surface area (Å²) < 4.78 is 9.69. The SMILES string of the molecule is O=C(O)C1COCC1Nc1ccc([N+](=O)[O-])c2nonc12. The maximum absolute atomic E-state index is 11.1. The van der Waals surface area contributed by atoms with Crippen LogP contribution in [0.3, 0.4) is 0 Å². The van der Waals surface area contributed by atoms with E-state index in [2.05, 4.69) is 20.3 Å². The van der Waals surface area contributed by atoms with Crippen LogP contribution in [-0.2, 0) is 9.53 Å². The Morgan fingerprint density at radius 3 is 2.86 bits per heavy atom. The van der Waals surface area contributed by atoms with Crippen LogP contribution >= 0.6 is 0 Å². The van der Waals surface area contributed by atoms with Crippen LogP contribution in [0.5, 0.6) is 0 Å². The molecule has 1 aliphatic heterocycles. The number of hydrogen-bond acceptors (Lipinski definition) is 8. The molecule has 2 N–H and O–H groups in total. The molecule has 1 saturated heterocycles. The van der Waals surface area contributed by atoms with E-state index in [9.17, 15) is 14.9 Å². The van der Waals surface area contributed by atoms with Crippen LogP contribution < -0.4 is 5.32 Å². The van der Waals surface area contributed by atoms with E-state index in [4.69, 9.17) is 9.84 Å². The van der Waals surface area contributed by atoms with E-state index >= 15 is 0 Å². The Morgan fingerprint density at radius 1 is 1.38 bits per heavy atom. The average Bonchev–Trinajstić information content (AvgIpc) is 3.06. The first kappa shape index (κ1) is 13.2. The molecule has 3 rings (SSSR count). The fraction of sp³-hybridized carbons (Fsp3) is 0.364.